The molecule has 5 nitrogen and oxygen atoms in total. The number of thiazole rings is 1. The molecule has 0 spiro atoms. The molecule has 0 radical (unpaired) electrons. The zero-order valence-corrected chi connectivity index (χ0v) is 13.3. The Morgan fingerprint density at radius 1 is 1.56 bits per heavy atom. The molecule has 0 fully saturated rings. The van der Waals surface area contributed by atoms with Crippen LogP contribution in [0.25, 0.3) is 0 Å². The molecule has 1 amide bonds. The van der Waals surface area contributed by atoms with E-state index in [4.69, 9.17) is 9.47 Å². The lowest BCUT2D eigenvalue weighted by molar-refractivity contribution is 0.0569. The van der Waals surface area contributed by atoms with Gasteiger partial charge >= 0.3 is 6.09 Å². The first-order valence-corrected chi connectivity index (χ1v) is 7.05. The molecule has 18 heavy (non-hydrogen) atoms. The van der Waals surface area contributed by atoms with Gasteiger partial charge < -0.3 is 9.47 Å². The van der Waals surface area contributed by atoms with Gasteiger partial charge in [-0.2, -0.15) is 0 Å². The first kappa shape index (κ1) is 15.4. The number of methoxy groups -OCH3 is 1. The van der Waals surface area contributed by atoms with Crippen molar-refractivity contribution in [2.75, 3.05) is 25.2 Å². The Hall–Kier alpha value is -0.660. The number of ether oxygens (including phenoxy) is 2. The Morgan fingerprint density at radius 2 is 2.22 bits per heavy atom. The third-order valence-electron chi connectivity index (χ3n) is 1.83. The van der Waals surface area contributed by atoms with E-state index in [1.807, 2.05) is 20.8 Å². The number of aromatic nitrogens is 1. The maximum absolute atomic E-state index is 12.1. The number of rotatable bonds is 4. The molecule has 0 N–H and O–H groups in total. The van der Waals surface area contributed by atoms with E-state index in [2.05, 4.69) is 20.9 Å². The largest absolute Gasteiger partial charge is 0.443 e. The average molecular weight is 337 g/mol. The molecule has 0 aliphatic rings. The van der Waals surface area contributed by atoms with Gasteiger partial charge in [0.1, 0.15) is 5.60 Å². The highest BCUT2D eigenvalue weighted by Crippen LogP contribution is 2.27. The first-order chi connectivity index (χ1) is 8.33. The van der Waals surface area contributed by atoms with Crippen molar-refractivity contribution in [2.45, 2.75) is 26.4 Å². The average Bonchev–Trinajstić information content (AvgIpc) is 2.63. The molecule has 1 rings (SSSR count). The highest BCUT2D eigenvalue weighted by molar-refractivity contribution is 9.11. The second-order valence-electron chi connectivity index (χ2n) is 4.57. The van der Waals surface area contributed by atoms with E-state index in [0.29, 0.717) is 18.3 Å². The molecular weight excluding hydrogens is 320 g/mol. The van der Waals surface area contributed by atoms with Crippen LogP contribution in [0, 0.1) is 0 Å². The van der Waals surface area contributed by atoms with Gasteiger partial charge in [0.05, 0.1) is 23.1 Å². The zero-order valence-electron chi connectivity index (χ0n) is 10.9. The third kappa shape index (κ3) is 4.91. The summed E-state index contributed by atoms with van der Waals surface area (Å²) in [6.45, 7) is 6.33. The predicted octanol–water partition coefficient (Wildman–Crippen LogP) is 3.29. The number of nitrogens with zero attached hydrogens (tertiary/aromatic N) is 2. The van der Waals surface area contributed by atoms with Gasteiger partial charge in [-0.05, 0) is 36.7 Å². The minimum Gasteiger partial charge on any atom is -0.443 e. The molecule has 1 heterocycles. The van der Waals surface area contributed by atoms with E-state index >= 15 is 0 Å². The maximum Gasteiger partial charge on any atom is 0.416 e. The van der Waals surface area contributed by atoms with Gasteiger partial charge in [-0.3, -0.25) is 4.90 Å². The second-order valence-corrected chi connectivity index (χ2v) is 6.96. The van der Waals surface area contributed by atoms with E-state index in [9.17, 15) is 4.79 Å². The fraction of sp³-hybridized carbons (Fsp3) is 0.636. The van der Waals surface area contributed by atoms with E-state index < -0.39 is 11.7 Å². The molecular formula is C11H17BrN2O3S. The molecule has 0 aliphatic carbocycles. The number of carbonyl (C=O) groups is 1. The van der Waals surface area contributed by atoms with Gasteiger partial charge in [0.2, 0.25) is 0 Å². The number of anilines is 1. The molecule has 102 valence electrons. The summed E-state index contributed by atoms with van der Waals surface area (Å²) in [5.74, 6) is 0. The van der Waals surface area contributed by atoms with Crippen LogP contribution in [0.4, 0.5) is 9.93 Å². The fourth-order valence-corrected chi connectivity index (χ4v) is 2.33. The van der Waals surface area contributed by atoms with Crippen LogP contribution in [0.2, 0.25) is 0 Å². The van der Waals surface area contributed by atoms with Crippen molar-refractivity contribution in [2.24, 2.45) is 0 Å². The molecule has 0 saturated heterocycles. The van der Waals surface area contributed by atoms with Gasteiger partial charge in [0.25, 0.3) is 0 Å². The van der Waals surface area contributed by atoms with Crippen LogP contribution in [0.3, 0.4) is 0 Å². The normalized spacial score (nSPS) is 11.4. The van der Waals surface area contributed by atoms with E-state index in [0.717, 1.165) is 3.79 Å². The highest BCUT2D eigenvalue weighted by Gasteiger charge is 2.25. The number of amides is 1. The summed E-state index contributed by atoms with van der Waals surface area (Å²) in [6, 6.07) is 0. The molecule has 0 saturated carbocycles. The fourth-order valence-electron chi connectivity index (χ4n) is 1.14. The topological polar surface area (TPSA) is 51.7 Å². The lowest BCUT2D eigenvalue weighted by Crippen LogP contribution is -2.38. The molecule has 1 aromatic heterocycles. The molecule has 0 atom stereocenters. The van der Waals surface area contributed by atoms with Crippen molar-refractivity contribution in [3.05, 3.63) is 9.98 Å². The Kier molecular flexibility index (Phi) is 5.55. The zero-order chi connectivity index (χ0) is 13.8. The van der Waals surface area contributed by atoms with E-state index in [-0.39, 0.29) is 0 Å². The Morgan fingerprint density at radius 3 is 2.67 bits per heavy atom. The van der Waals surface area contributed by atoms with Crippen LogP contribution in [0.15, 0.2) is 9.98 Å². The smallest absolute Gasteiger partial charge is 0.416 e. The molecule has 0 aliphatic heterocycles. The van der Waals surface area contributed by atoms with Crippen molar-refractivity contribution < 1.29 is 14.3 Å². The van der Waals surface area contributed by atoms with Crippen LogP contribution in [0.1, 0.15) is 20.8 Å². The maximum atomic E-state index is 12.1. The van der Waals surface area contributed by atoms with Gasteiger partial charge in [0, 0.05) is 7.11 Å². The van der Waals surface area contributed by atoms with Gasteiger partial charge in [-0.25, -0.2) is 9.78 Å². The van der Waals surface area contributed by atoms with Crippen LogP contribution in [0.5, 0.6) is 0 Å². The molecule has 1 aromatic rings. The Bertz CT molecular complexity index is 403. The van der Waals surface area contributed by atoms with Gasteiger partial charge in [-0.15, -0.1) is 0 Å². The summed E-state index contributed by atoms with van der Waals surface area (Å²) < 4.78 is 11.2. The summed E-state index contributed by atoms with van der Waals surface area (Å²) in [5, 5.41) is 0.591. The predicted molar refractivity (Wildman–Crippen MR) is 75.3 cm³/mol. The quantitative estimate of drug-likeness (QED) is 0.846. The standard InChI is InChI=1S/C11H17BrN2O3S/c1-11(2,3)17-10(15)14(5-6-16-4)9-13-7-8(12)18-9/h7H,5-6H2,1-4H3. The lowest BCUT2D eigenvalue weighted by Gasteiger charge is -2.25. The number of hydrogen-bond acceptors (Lipinski definition) is 5. The van der Waals surface area contributed by atoms with Crippen LogP contribution in [-0.4, -0.2) is 36.9 Å². The number of carbonyl (C=O) groups excluding carboxylic acids is 1. The van der Waals surface area contributed by atoms with Crippen molar-refractivity contribution >= 4 is 38.5 Å². The van der Waals surface area contributed by atoms with Gasteiger partial charge in [0.15, 0.2) is 5.13 Å². The molecule has 7 heteroatoms. The summed E-state index contributed by atoms with van der Waals surface area (Å²) in [6.07, 6.45) is 1.24. The summed E-state index contributed by atoms with van der Waals surface area (Å²) in [7, 11) is 1.59. The monoisotopic (exact) mass is 336 g/mol. The minimum absolute atomic E-state index is 0.408. The summed E-state index contributed by atoms with van der Waals surface area (Å²) in [5.41, 5.74) is -0.531. The SMILES string of the molecule is COCCN(C(=O)OC(C)(C)C)c1ncc(Br)s1. The van der Waals surface area contributed by atoms with E-state index in [1.165, 1.54) is 16.2 Å². The Balaban J connectivity index is 2.81. The number of hydrogen-bond donors (Lipinski definition) is 0. The molecule has 0 aromatic carbocycles. The molecule has 0 bridgehead atoms. The van der Waals surface area contributed by atoms with Crippen molar-refractivity contribution in [3.63, 3.8) is 0 Å². The van der Waals surface area contributed by atoms with Crippen molar-refractivity contribution in [1.82, 2.24) is 4.98 Å². The second kappa shape index (κ2) is 6.49. The van der Waals surface area contributed by atoms with Crippen molar-refractivity contribution in [3.8, 4) is 0 Å². The van der Waals surface area contributed by atoms with Crippen LogP contribution in [-0.2, 0) is 9.47 Å². The highest BCUT2D eigenvalue weighted by atomic mass is 79.9. The third-order valence-corrected chi connectivity index (χ3v) is 3.33. The number of halogens is 1. The Labute approximate surface area is 119 Å². The van der Waals surface area contributed by atoms with E-state index in [1.54, 1.807) is 13.3 Å². The summed E-state index contributed by atoms with van der Waals surface area (Å²) >= 11 is 4.70. The minimum atomic E-state index is -0.531. The van der Waals surface area contributed by atoms with Gasteiger partial charge in [-0.1, -0.05) is 11.3 Å². The van der Waals surface area contributed by atoms with Crippen LogP contribution < -0.4 is 4.90 Å². The molecule has 0 unspecified atom stereocenters. The lowest BCUT2D eigenvalue weighted by atomic mass is 10.2. The summed E-state index contributed by atoms with van der Waals surface area (Å²) in [4.78, 5) is 17.7. The first-order valence-electron chi connectivity index (χ1n) is 5.44. The van der Waals surface area contributed by atoms with Crippen molar-refractivity contribution in [1.29, 1.82) is 0 Å². The van der Waals surface area contributed by atoms with Crippen LogP contribution >= 0.6 is 27.3 Å².